The first-order chi connectivity index (χ1) is 9.04. The molecule has 19 heavy (non-hydrogen) atoms. The maximum atomic E-state index is 5.67. The molecule has 1 saturated heterocycles. The largest absolute Gasteiger partial charge is 0.468 e. The van der Waals surface area contributed by atoms with Crippen LogP contribution >= 0.6 is 0 Å². The predicted octanol–water partition coefficient (Wildman–Crippen LogP) is 3.26. The fourth-order valence-electron chi connectivity index (χ4n) is 2.69. The van der Waals surface area contributed by atoms with Gasteiger partial charge in [-0.15, -0.1) is 0 Å². The summed E-state index contributed by atoms with van der Waals surface area (Å²) in [7, 11) is 0. The first kappa shape index (κ1) is 14.6. The van der Waals surface area contributed by atoms with E-state index in [0.717, 1.165) is 30.7 Å². The van der Waals surface area contributed by atoms with Crippen LogP contribution in [0.25, 0.3) is 0 Å². The molecule has 0 amide bonds. The minimum absolute atomic E-state index is 0.517. The highest BCUT2D eigenvalue weighted by molar-refractivity contribution is 5.12. The molecule has 1 N–H and O–H groups in total. The van der Waals surface area contributed by atoms with Gasteiger partial charge in [0.25, 0.3) is 0 Å². The van der Waals surface area contributed by atoms with Crippen LogP contribution in [0.3, 0.4) is 0 Å². The SMILES string of the molecule is CC(C)NCc1coc(CN2CCC(C(C)C)C2)c1. The van der Waals surface area contributed by atoms with Gasteiger partial charge in [0.15, 0.2) is 0 Å². The lowest BCUT2D eigenvalue weighted by Gasteiger charge is -2.16. The maximum Gasteiger partial charge on any atom is 0.118 e. The second kappa shape index (κ2) is 6.58. The minimum atomic E-state index is 0.517. The number of nitrogens with zero attached hydrogens (tertiary/aromatic N) is 1. The van der Waals surface area contributed by atoms with Crippen LogP contribution in [-0.4, -0.2) is 24.0 Å². The fraction of sp³-hybridized carbons (Fsp3) is 0.750. The minimum Gasteiger partial charge on any atom is -0.468 e. The maximum absolute atomic E-state index is 5.67. The lowest BCUT2D eigenvalue weighted by Crippen LogP contribution is -2.22. The highest BCUT2D eigenvalue weighted by Crippen LogP contribution is 2.25. The van der Waals surface area contributed by atoms with Gasteiger partial charge in [-0.3, -0.25) is 4.90 Å². The van der Waals surface area contributed by atoms with Gasteiger partial charge in [0.05, 0.1) is 12.8 Å². The number of furan rings is 1. The molecule has 1 aromatic rings. The Morgan fingerprint density at radius 2 is 2.16 bits per heavy atom. The molecule has 1 aliphatic heterocycles. The average Bonchev–Trinajstić information content (AvgIpc) is 2.96. The van der Waals surface area contributed by atoms with E-state index in [-0.39, 0.29) is 0 Å². The Bertz CT molecular complexity index is 384. The third kappa shape index (κ3) is 4.36. The molecule has 3 heteroatoms. The van der Waals surface area contributed by atoms with Crippen molar-refractivity contribution in [2.45, 2.75) is 53.2 Å². The summed E-state index contributed by atoms with van der Waals surface area (Å²) < 4.78 is 5.67. The van der Waals surface area contributed by atoms with Crippen LogP contribution in [0.4, 0.5) is 0 Å². The Hall–Kier alpha value is -0.800. The van der Waals surface area contributed by atoms with Crippen LogP contribution in [0.2, 0.25) is 0 Å². The van der Waals surface area contributed by atoms with Gasteiger partial charge in [-0.2, -0.15) is 0 Å². The van der Waals surface area contributed by atoms with Gasteiger partial charge in [0, 0.05) is 24.7 Å². The third-order valence-electron chi connectivity index (χ3n) is 4.05. The summed E-state index contributed by atoms with van der Waals surface area (Å²) in [6, 6.07) is 2.71. The first-order valence-electron chi connectivity index (χ1n) is 7.56. The van der Waals surface area contributed by atoms with Crippen molar-refractivity contribution in [2.24, 2.45) is 11.8 Å². The summed E-state index contributed by atoms with van der Waals surface area (Å²) >= 11 is 0. The van der Waals surface area contributed by atoms with Crippen LogP contribution in [-0.2, 0) is 13.1 Å². The summed E-state index contributed by atoms with van der Waals surface area (Å²) in [5.74, 6) is 2.76. The third-order valence-corrected chi connectivity index (χ3v) is 4.05. The smallest absolute Gasteiger partial charge is 0.118 e. The van der Waals surface area contributed by atoms with E-state index in [2.05, 4.69) is 44.0 Å². The van der Waals surface area contributed by atoms with Gasteiger partial charge in [0.2, 0.25) is 0 Å². The molecular formula is C16H28N2O. The molecule has 1 unspecified atom stereocenters. The van der Waals surface area contributed by atoms with Crippen molar-refractivity contribution in [1.29, 1.82) is 0 Å². The van der Waals surface area contributed by atoms with Crippen molar-refractivity contribution in [3.05, 3.63) is 23.7 Å². The molecule has 1 fully saturated rings. The molecule has 0 spiro atoms. The van der Waals surface area contributed by atoms with E-state index in [1.807, 2.05) is 6.26 Å². The monoisotopic (exact) mass is 264 g/mol. The van der Waals surface area contributed by atoms with Gasteiger partial charge in [-0.05, 0) is 30.9 Å². The van der Waals surface area contributed by atoms with Gasteiger partial charge in [-0.1, -0.05) is 27.7 Å². The predicted molar refractivity (Wildman–Crippen MR) is 78.9 cm³/mol. The molecule has 2 heterocycles. The van der Waals surface area contributed by atoms with Crippen LogP contribution in [0, 0.1) is 11.8 Å². The number of hydrogen-bond acceptors (Lipinski definition) is 3. The van der Waals surface area contributed by atoms with E-state index in [1.54, 1.807) is 0 Å². The summed E-state index contributed by atoms with van der Waals surface area (Å²) in [4.78, 5) is 2.52. The summed E-state index contributed by atoms with van der Waals surface area (Å²) in [6.07, 6.45) is 3.22. The van der Waals surface area contributed by atoms with Crippen molar-refractivity contribution in [2.75, 3.05) is 13.1 Å². The molecule has 0 saturated carbocycles. The van der Waals surface area contributed by atoms with E-state index in [4.69, 9.17) is 4.42 Å². The van der Waals surface area contributed by atoms with Crippen molar-refractivity contribution in [3.8, 4) is 0 Å². The van der Waals surface area contributed by atoms with Gasteiger partial charge < -0.3 is 9.73 Å². The number of hydrogen-bond donors (Lipinski definition) is 1. The van der Waals surface area contributed by atoms with Crippen molar-refractivity contribution in [1.82, 2.24) is 10.2 Å². The van der Waals surface area contributed by atoms with Crippen LogP contribution in [0.1, 0.15) is 45.4 Å². The molecular weight excluding hydrogens is 236 g/mol. The molecule has 1 aliphatic rings. The van der Waals surface area contributed by atoms with Gasteiger partial charge in [-0.25, -0.2) is 0 Å². The van der Waals surface area contributed by atoms with Crippen LogP contribution in [0.5, 0.6) is 0 Å². The Morgan fingerprint density at radius 3 is 2.79 bits per heavy atom. The molecule has 0 radical (unpaired) electrons. The molecule has 0 aliphatic carbocycles. The second-order valence-electron chi connectivity index (χ2n) is 6.48. The fourth-order valence-corrected chi connectivity index (χ4v) is 2.69. The molecule has 0 aromatic carbocycles. The number of likely N-dealkylation sites (tertiary alicyclic amines) is 1. The lowest BCUT2D eigenvalue weighted by molar-refractivity contribution is 0.273. The molecule has 0 bridgehead atoms. The topological polar surface area (TPSA) is 28.4 Å². The van der Waals surface area contributed by atoms with E-state index >= 15 is 0 Å². The van der Waals surface area contributed by atoms with E-state index in [9.17, 15) is 0 Å². The first-order valence-corrected chi connectivity index (χ1v) is 7.56. The zero-order valence-electron chi connectivity index (χ0n) is 12.8. The standard InChI is InChI=1S/C16H28N2O/c1-12(2)15-5-6-18(9-15)10-16-7-14(11-19-16)8-17-13(3)4/h7,11-13,15,17H,5-6,8-10H2,1-4H3. The summed E-state index contributed by atoms with van der Waals surface area (Å²) in [6.45, 7) is 13.3. The zero-order valence-corrected chi connectivity index (χ0v) is 12.8. The lowest BCUT2D eigenvalue weighted by atomic mass is 9.95. The molecule has 2 rings (SSSR count). The number of nitrogens with one attached hydrogen (secondary N) is 1. The Labute approximate surface area is 117 Å². The summed E-state index contributed by atoms with van der Waals surface area (Å²) in [5, 5.41) is 3.42. The van der Waals surface area contributed by atoms with Crippen LogP contribution < -0.4 is 5.32 Å². The van der Waals surface area contributed by atoms with Crippen molar-refractivity contribution in [3.63, 3.8) is 0 Å². The zero-order chi connectivity index (χ0) is 13.8. The molecule has 1 aromatic heterocycles. The second-order valence-corrected chi connectivity index (χ2v) is 6.48. The van der Waals surface area contributed by atoms with Gasteiger partial charge in [0.1, 0.15) is 5.76 Å². The molecule has 1 atom stereocenters. The Kier molecular flexibility index (Phi) is 5.06. The van der Waals surface area contributed by atoms with E-state index in [0.29, 0.717) is 6.04 Å². The van der Waals surface area contributed by atoms with E-state index < -0.39 is 0 Å². The van der Waals surface area contributed by atoms with Gasteiger partial charge >= 0.3 is 0 Å². The normalized spacial score (nSPS) is 20.8. The average molecular weight is 264 g/mol. The highest BCUT2D eigenvalue weighted by Gasteiger charge is 2.25. The summed E-state index contributed by atoms with van der Waals surface area (Å²) in [5.41, 5.74) is 1.25. The van der Waals surface area contributed by atoms with E-state index in [1.165, 1.54) is 25.1 Å². The molecule has 3 nitrogen and oxygen atoms in total. The molecule has 108 valence electrons. The number of rotatable bonds is 6. The van der Waals surface area contributed by atoms with Crippen molar-refractivity contribution >= 4 is 0 Å². The van der Waals surface area contributed by atoms with Crippen molar-refractivity contribution < 1.29 is 4.42 Å². The Balaban J connectivity index is 1.80. The highest BCUT2D eigenvalue weighted by atomic mass is 16.3. The quantitative estimate of drug-likeness (QED) is 0.855. The van der Waals surface area contributed by atoms with Crippen LogP contribution in [0.15, 0.2) is 16.7 Å². The Morgan fingerprint density at radius 1 is 1.37 bits per heavy atom.